The highest BCUT2D eigenvalue weighted by Crippen LogP contribution is 2.21. The zero-order valence-corrected chi connectivity index (χ0v) is 16.5. The Balaban J connectivity index is 1.49. The molecule has 4 aromatic rings. The van der Waals surface area contributed by atoms with Crippen molar-refractivity contribution < 1.29 is 4.79 Å². The maximum Gasteiger partial charge on any atom is 0.220 e. The van der Waals surface area contributed by atoms with E-state index in [2.05, 4.69) is 15.4 Å². The first-order valence-corrected chi connectivity index (χ1v) is 9.51. The van der Waals surface area contributed by atoms with E-state index in [9.17, 15) is 4.79 Å². The third-order valence-corrected chi connectivity index (χ3v) is 5.14. The number of nitrogens with one attached hydrogen (secondary N) is 1. The Morgan fingerprint density at radius 2 is 1.96 bits per heavy atom. The molecule has 3 heterocycles. The molecule has 0 aliphatic rings. The van der Waals surface area contributed by atoms with E-state index in [1.165, 1.54) is 0 Å². The lowest BCUT2D eigenvalue weighted by atomic mass is 10.1. The average Bonchev–Trinajstić information content (AvgIpc) is 3.06. The molecule has 0 saturated heterocycles. The highest BCUT2D eigenvalue weighted by Gasteiger charge is 2.15. The van der Waals surface area contributed by atoms with Gasteiger partial charge in [-0.1, -0.05) is 23.7 Å². The summed E-state index contributed by atoms with van der Waals surface area (Å²) in [6.07, 6.45) is 2.72. The lowest BCUT2D eigenvalue weighted by Gasteiger charge is -2.11. The van der Waals surface area contributed by atoms with Crippen molar-refractivity contribution in [3.8, 4) is 0 Å². The molecule has 1 aromatic carbocycles. The van der Waals surface area contributed by atoms with E-state index in [0.717, 1.165) is 33.5 Å². The van der Waals surface area contributed by atoms with Gasteiger partial charge in [0, 0.05) is 35.6 Å². The first-order chi connectivity index (χ1) is 13.5. The number of hydrogen-bond acceptors (Lipinski definition) is 4. The number of halogens is 1. The van der Waals surface area contributed by atoms with Crippen LogP contribution in [-0.2, 0) is 17.8 Å². The van der Waals surface area contributed by atoms with Crippen molar-refractivity contribution in [3.63, 3.8) is 0 Å². The van der Waals surface area contributed by atoms with Crippen LogP contribution in [-0.4, -0.2) is 25.5 Å². The second kappa shape index (κ2) is 7.56. The fraction of sp³-hybridized carbons (Fsp3) is 0.238. The van der Waals surface area contributed by atoms with Crippen LogP contribution in [0.4, 0.5) is 0 Å². The quantitative estimate of drug-likeness (QED) is 0.559. The molecule has 0 radical (unpaired) electrons. The molecular weight excluding hydrogens is 374 g/mol. The molecular formula is C21H20ClN5O. The van der Waals surface area contributed by atoms with Crippen LogP contribution >= 0.6 is 11.6 Å². The summed E-state index contributed by atoms with van der Waals surface area (Å²) in [6.45, 7) is 4.47. The van der Waals surface area contributed by atoms with Crippen LogP contribution < -0.4 is 5.32 Å². The van der Waals surface area contributed by atoms with Crippen molar-refractivity contribution in [2.75, 3.05) is 0 Å². The second-order valence-corrected chi connectivity index (χ2v) is 7.21. The largest absolute Gasteiger partial charge is 0.352 e. The number of benzene rings is 1. The monoisotopic (exact) mass is 393 g/mol. The van der Waals surface area contributed by atoms with E-state index < -0.39 is 0 Å². The van der Waals surface area contributed by atoms with E-state index >= 15 is 0 Å². The molecule has 0 saturated carbocycles. The molecule has 4 rings (SSSR count). The maximum atomic E-state index is 12.3. The molecule has 0 bridgehead atoms. The summed E-state index contributed by atoms with van der Waals surface area (Å²) in [5.74, 6) is 0.00106. The Kier molecular flexibility index (Phi) is 4.96. The maximum absolute atomic E-state index is 12.3. The lowest BCUT2D eigenvalue weighted by molar-refractivity contribution is -0.121. The summed E-state index contributed by atoms with van der Waals surface area (Å²) in [6, 6.07) is 11.3. The molecule has 0 unspecified atom stereocenters. The number of hydrogen-bond donors (Lipinski definition) is 1. The number of amides is 1. The van der Waals surface area contributed by atoms with Gasteiger partial charge in [-0.15, -0.1) is 5.10 Å². The Hall–Kier alpha value is -2.99. The summed E-state index contributed by atoms with van der Waals surface area (Å²) < 4.78 is 1.83. The van der Waals surface area contributed by atoms with Gasteiger partial charge in [0.05, 0.1) is 5.39 Å². The molecule has 0 aliphatic heterocycles. The van der Waals surface area contributed by atoms with Gasteiger partial charge in [-0.2, -0.15) is 0 Å². The van der Waals surface area contributed by atoms with E-state index in [0.29, 0.717) is 30.1 Å². The van der Waals surface area contributed by atoms with Crippen molar-refractivity contribution in [3.05, 3.63) is 70.1 Å². The minimum absolute atomic E-state index is 0.00106. The van der Waals surface area contributed by atoms with Gasteiger partial charge in [0.1, 0.15) is 0 Å². The average molecular weight is 394 g/mol. The topological polar surface area (TPSA) is 72.2 Å². The van der Waals surface area contributed by atoms with Crippen LogP contribution in [0.15, 0.2) is 42.6 Å². The molecule has 1 N–H and O–H groups in total. The van der Waals surface area contributed by atoms with Crippen molar-refractivity contribution in [2.45, 2.75) is 33.2 Å². The Labute approximate surface area is 167 Å². The second-order valence-electron chi connectivity index (χ2n) is 6.77. The van der Waals surface area contributed by atoms with Crippen LogP contribution in [0.25, 0.3) is 16.7 Å². The van der Waals surface area contributed by atoms with Crippen molar-refractivity contribution in [1.29, 1.82) is 0 Å². The lowest BCUT2D eigenvalue weighted by Crippen LogP contribution is -2.23. The number of carbonyl (C=O) groups excluding carboxylic acids is 1. The minimum Gasteiger partial charge on any atom is -0.352 e. The highest BCUT2D eigenvalue weighted by molar-refractivity contribution is 6.30. The molecule has 28 heavy (non-hydrogen) atoms. The first-order valence-electron chi connectivity index (χ1n) is 9.13. The zero-order valence-electron chi connectivity index (χ0n) is 15.7. The molecule has 0 atom stereocenters. The molecule has 0 fully saturated rings. The van der Waals surface area contributed by atoms with E-state index in [-0.39, 0.29) is 5.91 Å². The van der Waals surface area contributed by atoms with Crippen molar-refractivity contribution in [2.24, 2.45) is 0 Å². The van der Waals surface area contributed by atoms with E-state index in [1.807, 2.05) is 54.8 Å². The van der Waals surface area contributed by atoms with Gasteiger partial charge >= 0.3 is 0 Å². The normalized spacial score (nSPS) is 11.2. The Bertz CT molecular complexity index is 1170. The summed E-state index contributed by atoms with van der Waals surface area (Å²) >= 11 is 5.88. The summed E-state index contributed by atoms with van der Waals surface area (Å²) in [4.78, 5) is 21.3. The zero-order chi connectivity index (χ0) is 19.7. The number of fused-ring (bicyclic) bond motifs is 3. The molecule has 1 amide bonds. The molecule has 142 valence electrons. The van der Waals surface area contributed by atoms with E-state index in [1.54, 1.807) is 6.20 Å². The molecule has 6 nitrogen and oxygen atoms in total. The number of aromatic nitrogens is 4. The summed E-state index contributed by atoms with van der Waals surface area (Å²) in [7, 11) is 0. The predicted molar refractivity (Wildman–Crippen MR) is 109 cm³/mol. The molecule has 0 spiro atoms. The minimum atomic E-state index is 0.00106. The Morgan fingerprint density at radius 1 is 1.18 bits per heavy atom. The van der Waals surface area contributed by atoms with Crippen molar-refractivity contribution >= 4 is 34.2 Å². The molecule has 0 aliphatic carbocycles. The number of carbonyl (C=O) groups is 1. The molecule has 7 heteroatoms. The number of nitrogens with zero attached hydrogens (tertiary/aromatic N) is 4. The van der Waals surface area contributed by atoms with Crippen LogP contribution in [0.3, 0.4) is 0 Å². The van der Waals surface area contributed by atoms with Gasteiger partial charge in [-0.3, -0.25) is 4.79 Å². The first kappa shape index (κ1) is 18.4. The van der Waals surface area contributed by atoms with Gasteiger partial charge in [0.15, 0.2) is 11.3 Å². The van der Waals surface area contributed by atoms with Gasteiger partial charge in [-0.25, -0.2) is 14.5 Å². The van der Waals surface area contributed by atoms with Gasteiger partial charge < -0.3 is 5.32 Å². The van der Waals surface area contributed by atoms with Crippen molar-refractivity contribution in [1.82, 2.24) is 24.9 Å². The highest BCUT2D eigenvalue weighted by atomic mass is 35.5. The molecule has 3 aromatic heterocycles. The SMILES string of the molecule is Cc1nc2c3cccnc3nn2c(C)c1CCC(=O)NCc1ccc(Cl)cc1. The predicted octanol–water partition coefficient (Wildman–Crippen LogP) is 3.80. The van der Waals surface area contributed by atoms with Gasteiger partial charge in [0.25, 0.3) is 0 Å². The van der Waals surface area contributed by atoms with Crippen LogP contribution in [0.1, 0.15) is 28.9 Å². The third kappa shape index (κ3) is 3.55. The smallest absolute Gasteiger partial charge is 0.220 e. The number of pyridine rings is 1. The fourth-order valence-corrected chi connectivity index (χ4v) is 3.48. The fourth-order valence-electron chi connectivity index (χ4n) is 3.36. The summed E-state index contributed by atoms with van der Waals surface area (Å²) in [5, 5.41) is 9.13. The number of rotatable bonds is 5. The van der Waals surface area contributed by atoms with Gasteiger partial charge in [-0.05, 0) is 55.7 Å². The van der Waals surface area contributed by atoms with E-state index in [4.69, 9.17) is 16.6 Å². The number of aryl methyl sites for hydroxylation is 2. The van der Waals surface area contributed by atoms with Crippen LogP contribution in [0, 0.1) is 13.8 Å². The summed E-state index contributed by atoms with van der Waals surface area (Å²) in [5.41, 5.74) is 5.45. The van der Waals surface area contributed by atoms with Gasteiger partial charge in [0.2, 0.25) is 5.91 Å². The third-order valence-electron chi connectivity index (χ3n) is 4.89. The van der Waals surface area contributed by atoms with Crippen LogP contribution in [0.5, 0.6) is 0 Å². The standard InChI is InChI=1S/C21H20ClN5O/c1-13-17(9-10-19(28)24-12-15-5-7-16(22)8-6-15)14(2)27-21(25-13)18-4-3-11-23-20(18)26-27/h3-8,11H,9-10,12H2,1-2H3,(H,24,28). The van der Waals surface area contributed by atoms with Crippen LogP contribution in [0.2, 0.25) is 5.02 Å². The Morgan fingerprint density at radius 3 is 2.75 bits per heavy atom.